The Balaban J connectivity index is 1.59. The maximum absolute atomic E-state index is 11.8. The number of carbonyl (C=O) groups excluding carboxylic acids is 1. The Morgan fingerprint density at radius 1 is 1.32 bits per heavy atom. The first kappa shape index (κ1) is 14.0. The summed E-state index contributed by atoms with van der Waals surface area (Å²) in [5, 5.41) is 6.26. The molecule has 104 valence electrons. The Morgan fingerprint density at radius 2 is 2.11 bits per heavy atom. The van der Waals surface area contributed by atoms with E-state index in [1.165, 1.54) is 0 Å². The van der Waals surface area contributed by atoms with Crippen molar-refractivity contribution in [2.45, 2.75) is 13.3 Å². The molecule has 2 N–H and O–H groups in total. The number of hydrogen-bond donors (Lipinski definition) is 2. The maximum Gasteiger partial charge on any atom is 0.251 e. The van der Waals surface area contributed by atoms with Crippen LogP contribution in [0.25, 0.3) is 0 Å². The molecule has 0 aliphatic carbocycles. The minimum absolute atomic E-state index is 0.00833. The normalized spacial score (nSPS) is 18.5. The van der Waals surface area contributed by atoms with Crippen LogP contribution in [-0.4, -0.2) is 38.8 Å². The van der Waals surface area contributed by atoms with Gasteiger partial charge in [-0.05, 0) is 31.4 Å². The highest BCUT2D eigenvalue weighted by Crippen LogP contribution is 2.10. The zero-order chi connectivity index (χ0) is 13.5. The van der Waals surface area contributed by atoms with Crippen molar-refractivity contribution in [1.82, 2.24) is 10.6 Å². The van der Waals surface area contributed by atoms with Crippen LogP contribution in [0, 0.1) is 12.8 Å². The van der Waals surface area contributed by atoms with Gasteiger partial charge in [0.15, 0.2) is 0 Å². The number of amides is 1. The molecular formula is C15H22N2O2. The summed E-state index contributed by atoms with van der Waals surface area (Å²) < 4.78 is 5.31. The van der Waals surface area contributed by atoms with E-state index in [0.29, 0.717) is 12.5 Å². The van der Waals surface area contributed by atoms with E-state index in [2.05, 4.69) is 10.6 Å². The molecule has 4 heteroatoms. The topological polar surface area (TPSA) is 50.4 Å². The summed E-state index contributed by atoms with van der Waals surface area (Å²) in [6.07, 6.45) is 1.14. The summed E-state index contributed by atoms with van der Waals surface area (Å²) in [5.41, 5.74) is 1.88. The van der Waals surface area contributed by atoms with E-state index < -0.39 is 0 Å². The molecule has 1 heterocycles. The van der Waals surface area contributed by atoms with Crippen LogP contribution in [0.4, 0.5) is 0 Å². The molecule has 1 saturated heterocycles. The molecular weight excluding hydrogens is 240 g/mol. The second-order valence-electron chi connectivity index (χ2n) is 5.06. The summed E-state index contributed by atoms with van der Waals surface area (Å²) in [4.78, 5) is 11.8. The van der Waals surface area contributed by atoms with Gasteiger partial charge in [-0.2, -0.15) is 0 Å². The van der Waals surface area contributed by atoms with Gasteiger partial charge in [-0.15, -0.1) is 0 Å². The Bertz CT molecular complexity index is 397. The monoisotopic (exact) mass is 262 g/mol. The van der Waals surface area contributed by atoms with Crippen LogP contribution in [0.3, 0.4) is 0 Å². The Morgan fingerprint density at radius 3 is 2.79 bits per heavy atom. The molecule has 0 bridgehead atoms. The van der Waals surface area contributed by atoms with Gasteiger partial charge >= 0.3 is 0 Å². The third kappa shape index (κ3) is 4.65. The predicted molar refractivity (Wildman–Crippen MR) is 75.3 cm³/mol. The average Bonchev–Trinajstić information content (AvgIpc) is 2.92. The molecule has 19 heavy (non-hydrogen) atoms. The van der Waals surface area contributed by atoms with Gasteiger partial charge in [0.05, 0.1) is 6.61 Å². The Hall–Kier alpha value is -1.39. The van der Waals surface area contributed by atoms with Crippen molar-refractivity contribution < 1.29 is 9.53 Å². The molecule has 1 aromatic rings. The molecule has 0 radical (unpaired) electrons. The van der Waals surface area contributed by atoms with Crippen molar-refractivity contribution in [1.29, 1.82) is 0 Å². The SMILES string of the molecule is Cc1ccc(C(=O)NCCNCC2CCOC2)cc1. The second-order valence-corrected chi connectivity index (χ2v) is 5.06. The molecule has 1 atom stereocenters. The zero-order valence-corrected chi connectivity index (χ0v) is 11.4. The number of hydrogen-bond acceptors (Lipinski definition) is 3. The van der Waals surface area contributed by atoms with Gasteiger partial charge in [-0.25, -0.2) is 0 Å². The van der Waals surface area contributed by atoms with E-state index in [4.69, 9.17) is 4.74 Å². The number of aryl methyl sites for hydroxylation is 1. The molecule has 2 rings (SSSR count). The molecule has 0 saturated carbocycles. The van der Waals surface area contributed by atoms with Gasteiger partial charge in [0.25, 0.3) is 5.91 Å². The number of nitrogens with one attached hydrogen (secondary N) is 2. The molecule has 0 aromatic heterocycles. The van der Waals surface area contributed by atoms with Gasteiger partial charge in [0.2, 0.25) is 0 Å². The number of ether oxygens (including phenoxy) is 1. The van der Waals surface area contributed by atoms with Crippen LogP contribution in [0.15, 0.2) is 24.3 Å². The third-order valence-electron chi connectivity index (χ3n) is 3.36. The molecule has 1 fully saturated rings. The van der Waals surface area contributed by atoms with Crippen LogP contribution in [0.1, 0.15) is 22.3 Å². The van der Waals surface area contributed by atoms with E-state index in [9.17, 15) is 4.79 Å². The molecule has 1 amide bonds. The first-order valence-electron chi connectivity index (χ1n) is 6.89. The van der Waals surface area contributed by atoms with E-state index in [-0.39, 0.29) is 5.91 Å². The highest BCUT2D eigenvalue weighted by atomic mass is 16.5. The van der Waals surface area contributed by atoms with Crippen molar-refractivity contribution in [3.05, 3.63) is 35.4 Å². The average molecular weight is 262 g/mol. The van der Waals surface area contributed by atoms with Gasteiger partial charge in [0, 0.05) is 31.8 Å². The van der Waals surface area contributed by atoms with E-state index in [0.717, 1.165) is 43.9 Å². The van der Waals surface area contributed by atoms with E-state index >= 15 is 0 Å². The zero-order valence-electron chi connectivity index (χ0n) is 11.4. The lowest BCUT2D eigenvalue weighted by Gasteiger charge is -2.10. The fraction of sp³-hybridized carbons (Fsp3) is 0.533. The summed E-state index contributed by atoms with van der Waals surface area (Å²) >= 11 is 0. The van der Waals surface area contributed by atoms with Crippen LogP contribution >= 0.6 is 0 Å². The lowest BCUT2D eigenvalue weighted by atomic mass is 10.1. The van der Waals surface area contributed by atoms with Crippen LogP contribution < -0.4 is 10.6 Å². The first-order chi connectivity index (χ1) is 9.25. The summed E-state index contributed by atoms with van der Waals surface area (Å²) in [6, 6.07) is 7.61. The van der Waals surface area contributed by atoms with Crippen molar-refractivity contribution in [2.75, 3.05) is 32.8 Å². The lowest BCUT2D eigenvalue weighted by Crippen LogP contribution is -2.34. The molecule has 1 unspecified atom stereocenters. The minimum Gasteiger partial charge on any atom is -0.381 e. The molecule has 1 aromatic carbocycles. The summed E-state index contributed by atoms with van der Waals surface area (Å²) in [7, 11) is 0. The molecule has 1 aliphatic rings. The van der Waals surface area contributed by atoms with Gasteiger partial charge in [0.1, 0.15) is 0 Å². The molecule has 1 aliphatic heterocycles. The van der Waals surface area contributed by atoms with Gasteiger partial charge < -0.3 is 15.4 Å². The van der Waals surface area contributed by atoms with Crippen LogP contribution in [-0.2, 0) is 4.74 Å². The van der Waals surface area contributed by atoms with Crippen molar-refractivity contribution >= 4 is 5.91 Å². The van der Waals surface area contributed by atoms with E-state index in [1.54, 1.807) is 0 Å². The first-order valence-corrected chi connectivity index (χ1v) is 6.89. The summed E-state index contributed by atoms with van der Waals surface area (Å²) in [6.45, 7) is 6.19. The second kappa shape index (κ2) is 7.26. The van der Waals surface area contributed by atoms with E-state index in [1.807, 2.05) is 31.2 Å². The number of carbonyl (C=O) groups is 1. The minimum atomic E-state index is -0.00833. The Labute approximate surface area is 114 Å². The number of benzene rings is 1. The number of rotatable bonds is 6. The van der Waals surface area contributed by atoms with Crippen molar-refractivity contribution in [2.24, 2.45) is 5.92 Å². The fourth-order valence-electron chi connectivity index (χ4n) is 2.12. The predicted octanol–water partition coefficient (Wildman–Crippen LogP) is 1.35. The van der Waals surface area contributed by atoms with Gasteiger partial charge in [-0.3, -0.25) is 4.79 Å². The van der Waals surface area contributed by atoms with Crippen LogP contribution in [0.2, 0.25) is 0 Å². The fourth-order valence-corrected chi connectivity index (χ4v) is 2.12. The third-order valence-corrected chi connectivity index (χ3v) is 3.36. The van der Waals surface area contributed by atoms with Crippen molar-refractivity contribution in [3.8, 4) is 0 Å². The largest absolute Gasteiger partial charge is 0.381 e. The quantitative estimate of drug-likeness (QED) is 0.761. The van der Waals surface area contributed by atoms with Gasteiger partial charge in [-0.1, -0.05) is 17.7 Å². The highest BCUT2D eigenvalue weighted by Gasteiger charge is 2.14. The van der Waals surface area contributed by atoms with Crippen LogP contribution in [0.5, 0.6) is 0 Å². The summed E-state index contributed by atoms with van der Waals surface area (Å²) in [5.74, 6) is 0.624. The molecule has 4 nitrogen and oxygen atoms in total. The molecule has 0 spiro atoms. The maximum atomic E-state index is 11.8. The highest BCUT2D eigenvalue weighted by molar-refractivity contribution is 5.94. The van der Waals surface area contributed by atoms with Crippen molar-refractivity contribution in [3.63, 3.8) is 0 Å². The standard InChI is InChI=1S/C15H22N2O2/c1-12-2-4-14(5-3-12)15(18)17-8-7-16-10-13-6-9-19-11-13/h2-5,13,16H,6-11H2,1H3,(H,17,18). The Kier molecular flexibility index (Phi) is 5.36. The lowest BCUT2D eigenvalue weighted by molar-refractivity contribution is 0.0953. The smallest absolute Gasteiger partial charge is 0.251 e.